The van der Waals surface area contributed by atoms with Crippen molar-refractivity contribution >= 4 is 11.9 Å². The van der Waals surface area contributed by atoms with Crippen LogP contribution in [0.3, 0.4) is 0 Å². The SMILES string of the molecule is COc1ccc(CN(CCN)Cc2ccc(OC)c(OC)c2)cc1OC.O=C(O)CC(O)C(=O)O. The summed E-state index contributed by atoms with van der Waals surface area (Å²) in [7, 11) is 6.55. The number of methoxy groups -OCH3 is 4. The molecule has 11 nitrogen and oxygen atoms in total. The second kappa shape index (κ2) is 15.4. The van der Waals surface area contributed by atoms with Crippen molar-refractivity contribution in [1.82, 2.24) is 4.90 Å². The highest BCUT2D eigenvalue weighted by atomic mass is 16.5. The van der Waals surface area contributed by atoms with Gasteiger partial charge >= 0.3 is 11.9 Å². The number of carbonyl (C=O) groups is 2. The average Bonchev–Trinajstić information content (AvgIpc) is 2.83. The summed E-state index contributed by atoms with van der Waals surface area (Å²) in [4.78, 5) is 21.7. The predicted molar refractivity (Wildman–Crippen MR) is 128 cm³/mol. The third-order valence-corrected chi connectivity index (χ3v) is 4.81. The number of nitrogens with zero attached hydrogens (tertiary/aromatic N) is 1. The first kappa shape index (κ1) is 29.5. The molecule has 0 heterocycles. The number of aliphatic hydroxyl groups excluding tert-OH is 1. The highest BCUT2D eigenvalue weighted by Crippen LogP contribution is 2.30. The molecule has 0 fully saturated rings. The minimum absolute atomic E-state index is 0.584. The van der Waals surface area contributed by atoms with E-state index in [4.69, 9.17) is 40.0 Å². The van der Waals surface area contributed by atoms with E-state index in [1.165, 1.54) is 0 Å². The number of benzene rings is 2. The summed E-state index contributed by atoms with van der Waals surface area (Å²) in [5.41, 5.74) is 8.08. The van der Waals surface area contributed by atoms with Crippen LogP contribution in [-0.4, -0.2) is 79.8 Å². The van der Waals surface area contributed by atoms with Crippen molar-refractivity contribution in [2.45, 2.75) is 25.6 Å². The van der Waals surface area contributed by atoms with Gasteiger partial charge < -0.3 is 40.0 Å². The largest absolute Gasteiger partial charge is 0.493 e. The van der Waals surface area contributed by atoms with Crippen LogP contribution in [0.1, 0.15) is 17.5 Å². The minimum Gasteiger partial charge on any atom is -0.493 e. The summed E-state index contributed by atoms with van der Waals surface area (Å²) in [6, 6.07) is 11.9. The van der Waals surface area contributed by atoms with Crippen LogP contribution in [0.15, 0.2) is 36.4 Å². The Kier molecular flexibility index (Phi) is 13.0. The molecule has 0 aliphatic rings. The van der Waals surface area contributed by atoms with E-state index in [0.29, 0.717) is 6.54 Å². The number of hydrogen-bond acceptors (Lipinski definition) is 9. The molecule has 0 amide bonds. The van der Waals surface area contributed by atoms with Crippen molar-refractivity contribution in [2.75, 3.05) is 41.5 Å². The molecule has 2 aromatic carbocycles. The van der Waals surface area contributed by atoms with Gasteiger partial charge in [0.25, 0.3) is 0 Å². The number of nitrogens with two attached hydrogens (primary N) is 1. The van der Waals surface area contributed by atoms with E-state index in [1.54, 1.807) is 28.4 Å². The first-order valence-corrected chi connectivity index (χ1v) is 10.7. The quantitative estimate of drug-likeness (QED) is 0.320. The zero-order valence-electron chi connectivity index (χ0n) is 20.4. The summed E-state index contributed by atoms with van der Waals surface area (Å²) in [5, 5.41) is 24.1. The van der Waals surface area contributed by atoms with E-state index in [9.17, 15) is 9.59 Å². The Hall–Kier alpha value is -3.54. The van der Waals surface area contributed by atoms with Gasteiger partial charge in [-0.1, -0.05) is 12.1 Å². The molecule has 2 rings (SSSR count). The number of carboxylic acids is 2. The van der Waals surface area contributed by atoms with Gasteiger partial charge in [0, 0.05) is 26.2 Å². The van der Waals surface area contributed by atoms with Gasteiger partial charge in [0.1, 0.15) is 0 Å². The van der Waals surface area contributed by atoms with E-state index in [1.807, 2.05) is 36.4 Å². The van der Waals surface area contributed by atoms with Gasteiger partial charge in [-0.3, -0.25) is 9.69 Å². The van der Waals surface area contributed by atoms with Crippen molar-refractivity contribution in [3.8, 4) is 23.0 Å². The lowest BCUT2D eigenvalue weighted by Gasteiger charge is -2.23. The van der Waals surface area contributed by atoms with Gasteiger partial charge in [-0.15, -0.1) is 0 Å². The molecular weight excluding hydrogens is 460 g/mol. The van der Waals surface area contributed by atoms with E-state index in [2.05, 4.69) is 4.90 Å². The number of rotatable bonds is 13. The molecule has 35 heavy (non-hydrogen) atoms. The van der Waals surface area contributed by atoms with Crippen molar-refractivity contribution in [2.24, 2.45) is 5.73 Å². The predicted octanol–water partition coefficient (Wildman–Crippen LogP) is 1.59. The summed E-state index contributed by atoms with van der Waals surface area (Å²) >= 11 is 0. The Labute approximate surface area is 204 Å². The van der Waals surface area contributed by atoms with Crippen LogP contribution in [-0.2, 0) is 22.7 Å². The fraction of sp³-hybridized carbons (Fsp3) is 0.417. The average molecular weight is 495 g/mol. The summed E-state index contributed by atoms with van der Waals surface area (Å²) < 4.78 is 21.4. The maximum Gasteiger partial charge on any atom is 0.333 e. The molecule has 2 aromatic rings. The van der Waals surface area contributed by atoms with Crippen LogP contribution in [0.2, 0.25) is 0 Å². The Morgan fingerprint density at radius 2 is 1.26 bits per heavy atom. The van der Waals surface area contributed by atoms with Gasteiger partial charge in [-0.2, -0.15) is 0 Å². The van der Waals surface area contributed by atoms with Crippen LogP contribution in [0.25, 0.3) is 0 Å². The van der Waals surface area contributed by atoms with E-state index >= 15 is 0 Å². The Bertz CT molecular complexity index is 895. The smallest absolute Gasteiger partial charge is 0.333 e. The van der Waals surface area contributed by atoms with Crippen molar-refractivity contribution in [3.63, 3.8) is 0 Å². The molecule has 1 unspecified atom stereocenters. The molecule has 0 radical (unpaired) electrons. The Morgan fingerprint density at radius 1 is 0.829 bits per heavy atom. The standard InChI is InChI=1S/C20H28N2O4.C4H6O5/c1-23-17-7-5-15(11-19(17)25-3)13-22(10-9-21)14-16-6-8-18(24-2)20(12-16)26-4;5-2(4(8)9)1-3(6)7/h5-8,11-12H,9-10,13-14,21H2,1-4H3;2,5H,1H2,(H,6,7)(H,8,9). The fourth-order valence-corrected chi connectivity index (χ4v) is 3.12. The van der Waals surface area contributed by atoms with Crippen molar-refractivity contribution in [3.05, 3.63) is 47.5 Å². The number of aliphatic hydroxyl groups is 1. The molecule has 0 saturated carbocycles. The molecule has 0 aliphatic heterocycles. The monoisotopic (exact) mass is 494 g/mol. The maximum absolute atomic E-state index is 9.72. The van der Waals surface area contributed by atoms with Gasteiger partial charge in [-0.05, 0) is 35.4 Å². The van der Waals surface area contributed by atoms with Crippen LogP contribution in [0.4, 0.5) is 0 Å². The van der Waals surface area contributed by atoms with Crippen LogP contribution < -0.4 is 24.7 Å². The zero-order valence-corrected chi connectivity index (χ0v) is 20.4. The second-order valence-corrected chi connectivity index (χ2v) is 7.33. The molecule has 0 aliphatic carbocycles. The number of ether oxygens (including phenoxy) is 4. The molecule has 0 spiro atoms. The van der Waals surface area contributed by atoms with E-state index < -0.39 is 24.5 Å². The molecule has 11 heteroatoms. The third kappa shape index (κ3) is 10.1. The van der Waals surface area contributed by atoms with Gasteiger partial charge in [0.2, 0.25) is 0 Å². The Morgan fingerprint density at radius 3 is 1.54 bits per heavy atom. The van der Waals surface area contributed by atoms with Gasteiger partial charge in [0.05, 0.1) is 34.9 Å². The second-order valence-electron chi connectivity index (χ2n) is 7.33. The first-order chi connectivity index (χ1) is 16.7. The molecule has 1 atom stereocenters. The third-order valence-electron chi connectivity index (χ3n) is 4.81. The number of hydrogen-bond donors (Lipinski definition) is 4. The minimum atomic E-state index is -1.79. The van der Waals surface area contributed by atoms with Gasteiger partial charge in [-0.25, -0.2) is 4.79 Å². The fourth-order valence-electron chi connectivity index (χ4n) is 3.12. The molecule has 194 valence electrons. The molecule has 0 saturated heterocycles. The summed E-state index contributed by atoms with van der Waals surface area (Å²) in [5.74, 6) is 0.0537. The molecule has 0 aromatic heterocycles. The van der Waals surface area contributed by atoms with Crippen LogP contribution >= 0.6 is 0 Å². The van der Waals surface area contributed by atoms with Gasteiger partial charge in [0.15, 0.2) is 29.1 Å². The first-order valence-electron chi connectivity index (χ1n) is 10.7. The zero-order chi connectivity index (χ0) is 26.4. The summed E-state index contributed by atoms with van der Waals surface area (Å²) in [6.07, 6.45) is -2.54. The van der Waals surface area contributed by atoms with Crippen molar-refractivity contribution in [1.29, 1.82) is 0 Å². The summed E-state index contributed by atoms with van der Waals surface area (Å²) in [6.45, 7) is 2.88. The normalized spacial score (nSPS) is 11.2. The lowest BCUT2D eigenvalue weighted by molar-refractivity contribution is -0.152. The topological polar surface area (TPSA) is 161 Å². The van der Waals surface area contributed by atoms with Crippen LogP contribution in [0, 0.1) is 0 Å². The van der Waals surface area contributed by atoms with E-state index in [-0.39, 0.29) is 0 Å². The molecule has 0 bridgehead atoms. The lowest BCUT2D eigenvalue weighted by Crippen LogP contribution is -2.28. The highest BCUT2D eigenvalue weighted by Gasteiger charge is 2.16. The number of aliphatic carboxylic acids is 2. The maximum atomic E-state index is 9.72. The number of carboxylic acid groups (broad SMARTS) is 2. The Balaban J connectivity index is 0.000000579. The van der Waals surface area contributed by atoms with Crippen molar-refractivity contribution < 1.29 is 43.9 Å². The lowest BCUT2D eigenvalue weighted by atomic mass is 10.1. The van der Waals surface area contributed by atoms with E-state index in [0.717, 1.165) is 53.8 Å². The molecular formula is C24H34N2O9. The van der Waals surface area contributed by atoms with Crippen LogP contribution in [0.5, 0.6) is 23.0 Å². The highest BCUT2D eigenvalue weighted by molar-refractivity contribution is 5.79. The molecule has 5 N–H and O–H groups in total.